The van der Waals surface area contributed by atoms with Crippen LogP contribution in [0.1, 0.15) is 23.0 Å². The Bertz CT molecular complexity index is 1010. The van der Waals surface area contributed by atoms with Crippen LogP contribution in [0.15, 0.2) is 45.7 Å². The molecular weight excluding hydrogens is 386 g/mol. The number of imide groups is 1. The zero-order chi connectivity index (χ0) is 20.4. The number of nitrogens with zero attached hydrogens (tertiary/aromatic N) is 1. The third kappa shape index (κ3) is 3.70. The van der Waals surface area contributed by atoms with Gasteiger partial charge in [0.25, 0.3) is 11.1 Å². The van der Waals surface area contributed by atoms with E-state index >= 15 is 0 Å². The van der Waals surface area contributed by atoms with E-state index in [1.165, 1.54) is 32.2 Å². The van der Waals surface area contributed by atoms with Crippen molar-refractivity contribution in [1.82, 2.24) is 4.90 Å². The summed E-state index contributed by atoms with van der Waals surface area (Å²) in [5, 5.41) is 8.51. The quantitative estimate of drug-likeness (QED) is 0.600. The fourth-order valence-electron chi connectivity index (χ4n) is 2.61. The van der Waals surface area contributed by atoms with Gasteiger partial charge in [-0.25, -0.2) is 9.59 Å². The molecule has 8 nitrogen and oxygen atoms in total. The maximum absolute atomic E-state index is 12.5. The first-order valence-electron chi connectivity index (χ1n) is 8.10. The Morgan fingerprint density at radius 1 is 1.25 bits per heavy atom. The fourth-order valence-corrected chi connectivity index (χ4v) is 3.50. The molecule has 1 fully saturated rings. The molecule has 1 N–H and O–H groups in total. The summed E-state index contributed by atoms with van der Waals surface area (Å²) < 4.78 is 10.2. The van der Waals surface area contributed by atoms with Crippen LogP contribution in [0.3, 0.4) is 0 Å². The molecule has 28 heavy (non-hydrogen) atoms. The SMILES string of the molecule is COC(=O)[C@@H](C)N1C(=O)S/C(=C\c2ccc(-c3cccc(C(=O)O)c3)o2)C1=O. The van der Waals surface area contributed by atoms with Gasteiger partial charge in [0.15, 0.2) is 0 Å². The van der Waals surface area contributed by atoms with Gasteiger partial charge >= 0.3 is 11.9 Å². The van der Waals surface area contributed by atoms with Gasteiger partial charge in [-0.05, 0) is 43.0 Å². The van der Waals surface area contributed by atoms with E-state index < -0.39 is 29.1 Å². The summed E-state index contributed by atoms with van der Waals surface area (Å²) in [4.78, 5) is 48.3. The Morgan fingerprint density at radius 3 is 2.68 bits per heavy atom. The Hall–Kier alpha value is -3.33. The molecule has 3 rings (SSSR count). The molecule has 1 aromatic carbocycles. The van der Waals surface area contributed by atoms with Crippen molar-refractivity contribution < 1.29 is 33.4 Å². The summed E-state index contributed by atoms with van der Waals surface area (Å²) in [5.74, 6) is -1.63. The maximum Gasteiger partial charge on any atom is 0.335 e. The van der Waals surface area contributed by atoms with Gasteiger partial charge in [-0.3, -0.25) is 14.5 Å². The molecule has 2 amide bonds. The van der Waals surface area contributed by atoms with Crippen LogP contribution in [-0.2, 0) is 14.3 Å². The maximum atomic E-state index is 12.5. The Labute approximate surface area is 163 Å². The number of carbonyl (C=O) groups is 4. The van der Waals surface area contributed by atoms with Crippen molar-refractivity contribution in [3.8, 4) is 11.3 Å². The standard InChI is InChI=1S/C19H15NO7S/c1-10(18(24)26-2)20-16(21)15(28-19(20)25)9-13-6-7-14(27-13)11-4-3-5-12(8-11)17(22)23/h3-10H,1-2H3,(H,22,23)/b15-9-/t10-/m1/s1. The van der Waals surface area contributed by atoms with E-state index in [0.29, 0.717) is 28.8 Å². The zero-order valence-electron chi connectivity index (χ0n) is 14.9. The third-order valence-electron chi connectivity index (χ3n) is 4.05. The Balaban J connectivity index is 1.85. The number of hydrogen-bond donors (Lipinski definition) is 1. The molecule has 1 atom stereocenters. The summed E-state index contributed by atoms with van der Waals surface area (Å²) >= 11 is 0.697. The average Bonchev–Trinajstić information content (AvgIpc) is 3.25. The first kappa shape index (κ1) is 19.4. The molecule has 0 bridgehead atoms. The van der Waals surface area contributed by atoms with Gasteiger partial charge in [0, 0.05) is 11.6 Å². The van der Waals surface area contributed by atoms with Crippen LogP contribution >= 0.6 is 11.8 Å². The lowest BCUT2D eigenvalue weighted by Gasteiger charge is -2.18. The summed E-state index contributed by atoms with van der Waals surface area (Å²) in [7, 11) is 1.18. The predicted octanol–water partition coefficient (Wildman–Crippen LogP) is 3.24. The smallest absolute Gasteiger partial charge is 0.335 e. The van der Waals surface area contributed by atoms with Crippen molar-refractivity contribution in [3.05, 3.63) is 52.6 Å². The highest BCUT2D eigenvalue weighted by atomic mass is 32.2. The molecule has 2 heterocycles. The number of carbonyl (C=O) groups excluding carboxylic acids is 3. The van der Waals surface area contributed by atoms with E-state index in [9.17, 15) is 19.2 Å². The lowest BCUT2D eigenvalue weighted by molar-refractivity contribution is -0.148. The van der Waals surface area contributed by atoms with Crippen molar-refractivity contribution in [2.45, 2.75) is 13.0 Å². The van der Waals surface area contributed by atoms with Crippen LogP contribution < -0.4 is 0 Å². The number of amides is 2. The van der Waals surface area contributed by atoms with Crippen molar-refractivity contribution in [3.63, 3.8) is 0 Å². The average molecular weight is 401 g/mol. The molecule has 1 aliphatic rings. The largest absolute Gasteiger partial charge is 0.478 e. The lowest BCUT2D eigenvalue weighted by Crippen LogP contribution is -2.42. The molecule has 144 valence electrons. The van der Waals surface area contributed by atoms with Crippen molar-refractivity contribution in [1.29, 1.82) is 0 Å². The highest BCUT2D eigenvalue weighted by Crippen LogP contribution is 2.34. The van der Waals surface area contributed by atoms with Crippen molar-refractivity contribution in [2.24, 2.45) is 0 Å². The topological polar surface area (TPSA) is 114 Å². The van der Waals surface area contributed by atoms with E-state index in [1.807, 2.05) is 0 Å². The number of carboxylic acids is 1. The van der Waals surface area contributed by atoms with Gasteiger partial charge in [-0.2, -0.15) is 0 Å². The van der Waals surface area contributed by atoms with Crippen LogP contribution in [0.4, 0.5) is 4.79 Å². The number of hydrogen-bond acceptors (Lipinski definition) is 7. The highest BCUT2D eigenvalue weighted by molar-refractivity contribution is 8.18. The monoisotopic (exact) mass is 401 g/mol. The van der Waals surface area contributed by atoms with Gasteiger partial charge < -0.3 is 14.3 Å². The molecule has 2 aromatic rings. The van der Waals surface area contributed by atoms with Crippen molar-refractivity contribution in [2.75, 3.05) is 7.11 Å². The zero-order valence-corrected chi connectivity index (χ0v) is 15.7. The summed E-state index contributed by atoms with van der Waals surface area (Å²) in [5.41, 5.74) is 0.681. The molecule has 1 aromatic heterocycles. The molecule has 0 radical (unpaired) electrons. The molecular formula is C19H15NO7S. The number of ether oxygens (including phenoxy) is 1. The van der Waals surface area contributed by atoms with Crippen LogP contribution in [0.25, 0.3) is 17.4 Å². The summed E-state index contributed by atoms with van der Waals surface area (Å²) in [6.07, 6.45) is 1.40. The number of benzene rings is 1. The molecule has 0 saturated carbocycles. The van der Waals surface area contributed by atoms with E-state index in [4.69, 9.17) is 9.52 Å². The van der Waals surface area contributed by atoms with Crippen LogP contribution in [-0.4, -0.2) is 46.2 Å². The minimum Gasteiger partial charge on any atom is -0.478 e. The fraction of sp³-hybridized carbons (Fsp3) is 0.158. The summed E-state index contributed by atoms with van der Waals surface area (Å²) in [6, 6.07) is 8.43. The first-order chi connectivity index (χ1) is 13.3. The van der Waals surface area contributed by atoms with Crippen molar-refractivity contribution >= 4 is 40.9 Å². The van der Waals surface area contributed by atoms with Gasteiger partial charge in [-0.15, -0.1) is 0 Å². The van der Waals surface area contributed by atoms with Crippen LogP contribution in [0, 0.1) is 0 Å². The molecule has 0 unspecified atom stereocenters. The van der Waals surface area contributed by atoms with E-state index in [2.05, 4.69) is 4.74 Å². The number of aromatic carboxylic acids is 1. The Morgan fingerprint density at radius 2 is 2.00 bits per heavy atom. The molecule has 9 heteroatoms. The predicted molar refractivity (Wildman–Crippen MR) is 100 cm³/mol. The van der Waals surface area contributed by atoms with E-state index in [0.717, 1.165) is 4.90 Å². The molecule has 1 aliphatic heterocycles. The molecule has 0 spiro atoms. The number of rotatable bonds is 5. The summed E-state index contributed by atoms with van der Waals surface area (Å²) in [6.45, 7) is 1.41. The second-order valence-electron chi connectivity index (χ2n) is 5.84. The minimum atomic E-state index is -1.05. The van der Waals surface area contributed by atoms with E-state index in [-0.39, 0.29) is 10.5 Å². The van der Waals surface area contributed by atoms with Gasteiger partial charge in [-0.1, -0.05) is 12.1 Å². The number of furan rings is 1. The van der Waals surface area contributed by atoms with E-state index in [1.54, 1.807) is 24.3 Å². The van der Waals surface area contributed by atoms with Gasteiger partial charge in [0.05, 0.1) is 17.6 Å². The second-order valence-corrected chi connectivity index (χ2v) is 6.83. The molecule has 1 saturated heterocycles. The van der Waals surface area contributed by atoms with Gasteiger partial charge in [0.1, 0.15) is 17.6 Å². The third-order valence-corrected chi connectivity index (χ3v) is 4.93. The second kappa shape index (κ2) is 7.73. The number of methoxy groups -OCH3 is 1. The van der Waals surface area contributed by atoms with Crippen LogP contribution in [0.5, 0.6) is 0 Å². The first-order valence-corrected chi connectivity index (χ1v) is 8.92. The lowest BCUT2D eigenvalue weighted by atomic mass is 10.1. The van der Waals surface area contributed by atoms with Crippen LogP contribution in [0.2, 0.25) is 0 Å². The normalized spacial score (nSPS) is 16.5. The number of thioether (sulfide) groups is 1. The molecule has 0 aliphatic carbocycles. The number of carboxylic acid groups (broad SMARTS) is 1. The van der Waals surface area contributed by atoms with Gasteiger partial charge in [0.2, 0.25) is 0 Å². The Kier molecular flexibility index (Phi) is 5.36. The number of esters is 1. The highest BCUT2D eigenvalue weighted by Gasteiger charge is 2.41. The minimum absolute atomic E-state index is 0.112.